The Bertz CT molecular complexity index is 392. The van der Waals surface area contributed by atoms with Crippen molar-refractivity contribution < 1.29 is 9.15 Å². The van der Waals surface area contributed by atoms with Crippen LogP contribution < -0.4 is 10.5 Å². The minimum absolute atomic E-state index is 0.609. The number of rotatable bonds is 4. The molecule has 0 atom stereocenters. The molecule has 1 aromatic heterocycles. The lowest BCUT2D eigenvalue weighted by atomic mass is 10.3. The lowest BCUT2D eigenvalue weighted by Crippen LogP contribution is -2.00. The standard InChI is InChI=1S/C12H13NO2/c13-10-3-5-12(6-4-10)15-9-7-11-2-1-8-14-11/h1-6,8H,7,9,13H2. The Kier molecular flexibility index (Phi) is 2.93. The summed E-state index contributed by atoms with van der Waals surface area (Å²) in [7, 11) is 0. The van der Waals surface area contributed by atoms with Crippen molar-refractivity contribution in [3.63, 3.8) is 0 Å². The quantitative estimate of drug-likeness (QED) is 0.776. The van der Waals surface area contributed by atoms with E-state index in [1.165, 1.54) is 0 Å². The SMILES string of the molecule is Nc1ccc(OCCc2ccco2)cc1. The summed E-state index contributed by atoms with van der Waals surface area (Å²) in [5.74, 6) is 1.77. The zero-order chi connectivity index (χ0) is 10.5. The second-order valence-electron chi connectivity index (χ2n) is 3.25. The molecule has 78 valence electrons. The Balaban J connectivity index is 1.81. The largest absolute Gasteiger partial charge is 0.493 e. The maximum atomic E-state index is 5.56. The molecule has 3 heteroatoms. The summed E-state index contributed by atoms with van der Waals surface area (Å²) in [5, 5.41) is 0. The number of anilines is 1. The molecule has 0 fully saturated rings. The molecule has 0 radical (unpaired) electrons. The molecule has 2 N–H and O–H groups in total. The van der Waals surface area contributed by atoms with Gasteiger partial charge >= 0.3 is 0 Å². The highest BCUT2D eigenvalue weighted by atomic mass is 16.5. The Morgan fingerprint density at radius 2 is 1.93 bits per heavy atom. The summed E-state index contributed by atoms with van der Waals surface area (Å²) in [6.07, 6.45) is 2.44. The number of hydrogen-bond donors (Lipinski definition) is 1. The summed E-state index contributed by atoms with van der Waals surface area (Å²) < 4.78 is 10.7. The van der Waals surface area contributed by atoms with Gasteiger partial charge in [0, 0.05) is 12.1 Å². The van der Waals surface area contributed by atoms with Gasteiger partial charge in [-0.3, -0.25) is 0 Å². The third-order valence-corrected chi connectivity index (χ3v) is 2.08. The topological polar surface area (TPSA) is 48.4 Å². The van der Waals surface area contributed by atoms with Crippen LogP contribution in [0.3, 0.4) is 0 Å². The summed E-state index contributed by atoms with van der Waals surface area (Å²) >= 11 is 0. The predicted molar refractivity (Wildman–Crippen MR) is 58.8 cm³/mol. The Labute approximate surface area is 88.5 Å². The van der Waals surface area contributed by atoms with E-state index in [0.29, 0.717) is 6.61 Å². The van der Waals surface area contributed by atoms with E-state index in [1.54, 1.807) is 6.26 Å². The number of nitrogen functional groups attached to an aromatic ring is 1. The van der Waals surface area contributed by atoms with Crippen LogP contribution in [0.2, 0.25) is 0 Å². The zero-order valence-electron chi connectivity index (χ0n) is 8.35. The maximum absolute atomic E-state index is 5.56. The fourth-order valence-corrected chi connectivity index (χ4v) is 1.29. The van der Waals surface area contributed by atoms with Crippen molar-refractivity contribution in [2.45, 2.75) is 6.42 Å². The van der Waals surface area contributed by atoms with Gasteiger partial charge in [0.05, 0.1) is 12.9 Å². The molecule has 0 saturated heterocycles. The molecule has 1 aromatic carbocycles. The van der Waals surface area contributed by atoms with Gasteiger partial charge in [0.2, 0.25) is 0 Å². The second-order valence-corrected chi connectivity index (χ2v) is 3.25. The van der Waals surface area contributed by atoms with Crippen LogP contribution in [0.1, 0.15) is 5.76 Å². The molecule has 2 rings (SSSR count). The Hall–Kier alpha value is -1.90. The fraction of sp³-hybridized carbons (Fsp3) is 0.167. The molecule has 0 aliphatic rings. The monoisotopic (exact) mass is 203 g/mol. The molecule has 15 heavy (non-hydrogen) atoms. The van der Waals surface area contributed by atoms with Crippen LogP contribution >= 0.6 is 0 Å². The Morgan fingerprint density at radius 3 is 2.60 bits per heavy atom. The molecule has 1 heterocycles. The van der Waals surface area contributed by atoms with E-state index >= 15 is 0 Å². The van der Waals surface area contributed by atoms with Crippen LogP contribution in [0, 0.1) is 0 Å². The maximum Gasteiger partial charge on any atom is 0.119 e. The van der Waals surface area contributed by atoms with Gasteiger partial charge in [-0.1, -0.05) is 0 Å². The molecule has 0 aliphatic heterocycles. The van der Waals surface area contributed by atoms with Crippen molar-refractivity contribution in [2.75, 3.05) is 12.3 Å². The summed E-state index contributed by atoms with van der Waals surface area (Å²) in [5.41, 5.74) is 6.31. The van der Waals surface area contributed by atoms with Crippen molar-refractivity contribution in [1.82, 2.24) is 0 Å². The average molecular weight is 203 g/mol. The first-order valence-electron chi connectivity index (χ1n) is 4.85. The molecule has 2 aromatic rings. The molecule has 0 saturated carbocycles. The van der Waals surface area contributed by atoms with Crippen LogP contribution in [-0.4, -0.2) is 6.61 Å². The van der Waals surface area contributed by atoms with Gasteiger partial charge in [-0.2, -0.15) is 0 Å². The van der Waals surface area contributed by atoms with Gasteiger partial charge in [0.1, 0.15) is 11.5 Å². The van der Waals surface area contributed by atoms with Gasteiger partial charge < -0.3 is 14.9 Å². The van der Waals surface area contributed by atoms with Crippen molar-refractivity contribution >= 4 is 5.69 Å². The van der Waals surface area contributed by atoms with Gasteiger partial charge in [-0.25, -0.2) is 0 Å². The fourth-order valence-electron chi connectivity index (χ4n) is 1.29. The van der Waals surface area contributed by atoms with Crippen LogP contribution in [-0.2, 0) is 6.42 Å². The van der Waals surface area contributed by atoms with Gasteiger partial charge in [0.25, 0.3) is 0 Å². The van der Waals surface area contributed by atoms with Crippen LogP contribution in [0.4, 0.5) is 5.69 Å². The first-order valence-corrected chi connectivity index (χ1v) is 4.85. The summed E-state index contributed by atoms with van der Waals surface area (Å²) in [6.45, 7) is 0.609. The number of hydrogen-bond acceptors (Lipinski definition) is 3. The van der Waals surface area contributed by atoms with E-state index in [2.05, 4.69) is 0 Å². The van der Waals surface area contributed by atoms with E-state index in [1.807, 2.05) is 36.4 Å². The van der Waals surface area contributed by atoms with Crippen molar-refractivity contribution in [1.29, 1.82) is 0 Å². The highest BCUT2D eigenvalue weighted by molar-refractivity contribution is 5.41. The minimum Gasteiger partial charge on any atom is -0.493 e. The van der Waals surface area contributed by atoms with Crippen LogP contribution in [0.25, 0.3) is 0 Å². The molecular formula is C12H13NO2. The third-order valence-electron chi connectivity index (χ3n) is 2.08. The van der Waals surface area contributed by atoms with E-state index in [4.69, 9.17) is 14.9 Å². The van der Waals surface area contributed by atoms with E-state index in [0.717, 1.165) is 23.6 Å². The van der Waals surface area contributed by atoms with Gasteiger partial charge in [-0.05, 0) is 36.4 Å². The lowest BCUT2D eigenvalue weighted by molar-refractivity contribution is 0.309. The molecular weight excluding hydrogens is 190 g/mol. The normalized spacial score (nSPS) is 10.1. The van der Waals surface area contributed by atoms with Gasteiger partial charge in [-0.15, -0.1) is 0 Å². The first kappa shape index (κ1) is 9.65. The van der Waals surface area contributed by atoms with Crippen molar-refractivity contribution in [3.8, 4) is 5.75 Å². The molecule has 0 spiro atoms. The summed E-state index contributed by atoms with van der Waals surface area (Å²) in [6, 6.07) is 11.2. The second kappa shape index (κ2) is 4.55. The number of benzene rings is 1. The van der Waals surface area contributed by atoms with Gasteiger partial charge in [0.15, 0.2) is 0 Å². The Morgan fingerprint density at radius 1 is 1.13 bits per heavy atom. The molecule has 0 unspecified atom stereocenters. The number of nitrogens with two attached hydrogens (primary N) is 1. The van der Waals surface area contributed by atoms with E-state index < -0.39 is 0 Å². The summed E-state index contributed by atoms with van der Waals surface area (Å²) in [4.78, 5) is 0. The van der Waals surface area contributed by atoms with E-state index in [-0.39, 0.29) is 0 Å². The zero-order valence-corrected chi connectivity index (χ0v) is 8.35. The highest BCUT2D eigenvalue weighted by Crippen LogP contribution is 2.13. The highest BCUT2D eigenvalue weighted by Gasteiger charge is 1.97. The lowest BCUT2D eigenvalue weighted by Gasteiger charge is -2.04. The van der Waals surface area contributed by atoms with Crippen LogP contribution in [0.15, 0.2) is 47.1 Å². The van der Waals surface area contributed by atoms with Crippen molar-refractivity contribution in [3.05, 3.63) is 48.4 Å². The predicted octanol–water partition coefficient (Wildman–Crippen LogP) is 2.48. The van der Waals surface area contributed by atoms with E-state index in [9.17, 15) is 0 Å². The molecule has 0 aliphatic carbocycles. The third kappa shape index (κ3) is 2.77. The number of ether oxygens (including phenoxy) is 1. The first-order chi connectivity index (χ1) is 7.34. The molecule has 3 nitrogen and oxygen atoms in total. The smallest absolute Gasteiger partial charge is 0.119 e. The van der Waals surface area contributed by atoms with Crippen LogP contribution in [0.5, 0.6) is 5.75 Å². The molecule has 0 bridgehead atoms. The van der Waals surface area contributed by atoms with Crippen molar-refractivity contribution in [2.24, 2.45) is 0 Å². The number of furan rings is 1. The average Bonchev–Trinajstić information content (AvgIpc) is 2.74. The molecule has 0 amide bonds. The minimum atomic E-state index is 0.609.